The molecule has 3 aromatic rings. The van der Waals surface area contributed by atoms with Crippen molar-refractivity contribution < 1.29 is 9.18 Å². The number of hydrogen-bond acceptors (Lipinski definition) is 4. The predicted molar refractivity (Wildman–Crippen MR) is 118 cm³/mol. The van der Waals surface area contributed by atoms with Crippen LogP contribution in [0.1, 0.15) is 49.4 Å². The van der Waals surface area contributed by atoms with Gasteiger partial charge in [0.15, 0.2) is 11.6 Å². The summed E-state index contributed by atoms with van der Waals surface area (Å²) >= 11 is 0. The van der Waals surface area contributed by atoms with Crippen LogP contribution in [0.4, 0.5) is 10.3 Å². The highest BCUT2D eigenvalue weighted by Gasteiger charge is 2.41. The second-order valence-electron chi connectivity index (χ2n) is 9.41. The number of hydrogen-bond donors (Lipinski definition) is 1. The molecule has 1 aromatic heterocycles. The number of allylic oxidation sites excluding steroid dienone is 2. The minimum absolute atomic E-state index is 0.0990. The first-order valence-corrected chi connectivity index (χ1v) is 10.5. The van der Waals surface area contributed by atoms with Gasteiger partial charge in [0.25, 0.3) is 0 Å². The Balaban J connectivity index is 1.67. The van der Waals surface area contributed by atoms with Crippen LogP contribution in [0.25, 0.3) is 11.4 Å². The zero-order valence-electron chi connectivity index (χ0n) is 18.2. The van der Waals surface area contributed by atoms with Gasteiger partial charge in [-0.15, -0.1) is 5.10 Å². The Labute approximate surface area is 181 Å². The van der Waals surface area contributed by atoms with Crippen molar-refractivity contribution in [3.05, 3.63) is 76.2 Å². The molecule has 1 atom stereocenters. The van der Waals surface area contributed by atoms with Gasteiger partial charge in [0.1, 0.15) is 11.9 Å². The third-order valence-electron chi connectivity index (χ3n) is 6.28. The van der Waals surface area contributed by atoms with E-state index in [1.165, 1.54) is 23.3 Å². The van der Waals surface area contributed by atoms with Crippen LogP contribution in [0, 0.1) is 25.1 Å². The fraction of sp³-hybridized carbons (Fsp3) is 0.320. The number of carbonyl (C=O) groups excluding carboxylic acids is 1. The monoisotopic (exact) mass is 416 g/mol. The molecule has 1 unspecified atom stereocenters. The predicted octanol–water partition coefficient (Wildman–Crippen LogP) is 5.36. The summed E-state index contributed by atoms with van der Waals surface area (Å²) in [6, 6.07) is 12.0. The Morgan fingerprint density at radius 3 is 2.52 bits per heavy atom. The maximum absolute atomic E-state index is 13.6. The lowest BCUT2D eigenvalue weighted by atomic mass is 9.73. The molecule has 0 spiro atoms. The number of Topliss-reactive ketones (excluding diaryl/α,β-unsaturated/α-hetero) is 1. The zero-order chi connectivity index (χ0) is 21.9. The fourth-order valence-electron chi connectivity index (χ4n) is 4.57. The number of benzene rings is 2. The van der Waals surface area contributed by atoms with Gasteiger partial charge in [-0.2, -0.15) is 4.98 Å². The average molecular weight is 417 g/mol. The van der Waals surface area contributed by atoms with Gasteiger partial charge in [0.2, 0.25) is 5.95 Å². The molecule has 158 valence electrons. The molecule has 0 radical (unpaired) electrons. The first kappa shape index (κ1) is 19.7. The van der Waals surface area contributed by atoms with E-state index < -0.39 is 6.04 Å². The molecule has 0 amide bonds. The Morgan fingerprint density at radius 1 is 1.06 bits per heavy atom. The van der Waals surface area contributed by atoms with Gasteiger partial charge in [-0.25, -0.2) is 9.07 Å². The van der Waals surface area contributed by atoms with Gasteiger partial charge in [-0.3, -0.25) is 4.79 Å². The molecule has 1 N–H and O–H groups in total. The number of halogens is 1. The summed E-state index contributed by atoms with van der Waals surface area (Å²) in [6.45, 7) is 8.34. The molecule has 0 bridgehead atoms. The van der Waals surface area contributed by atoms with Crippen LogP contribution < -0.4 is 5.32 Å². The smallest absolute Gasteiger partial charge is 0.226 e. The lowest BCUT2D eigenvalue weighted by Gasteiger charge is -2.38. The van der Waals surface area contributed by atoms with Gasteiger partial charge in [-0.1, -0.05) is 38.1 Å². The second kappa shape index (κ2) is 6.87. The van der Waals surface area contributed by atoms with Crippen LogP contribution in [0.3, 0.4) is 0 Å². The van der Waals surface area contributed by atoms with E-state index in [9.17, 15) is 9.18 Å². The van der Waals surface area contributed by atoms with E-state index >= 15 is 0 Å². The van der Waals surface area contributed by atoms with Crippen LogP contribution in [-0.4, -0.2) is 20.5 Å². The lowest BCUT2D eigenvalue weighted by Crippen LogP contribution is -2.36. The van der Waals surface area contributed by atoms with Crippen LogP contribution in [-0.2, 0) is 4.79 Å². The Hall–Kier alpha value is -3.28. The van der Waals surface area contributed by atoms with E-state index in [1.54, 1.807) is 16.8 Å². The second-order valence-corrected chi connectivity index (χ2v) is 9.41. The molecule has 2 aliphatic rings. The molecule has 31 heavy (non-hydrogen) atoms. The van der Waals surface area contributed by atoms with E-state index in [0.717, 1.165) is 23.2 Å². The standard InChI is InChI=1S/C25H25FN4O/c1-14-5-6-17(11-15(14)2)23-28-24-27-19-12-25(3,4)13-20(31)21(19)22(30(24)29-23)16-7-9-18(26)10-8-16/h5-11,22H,12-13H2,1-4H3,(H,27,28,29). The van der Waals surface area contributed by atoms with Crippen LogP contribution in [0.15, 0.2) is 53.7 Å². The van der Waals surface area contributed by atoms with Crippen LogP contribution in [0.2, 0.25) is 0 Å². The Bertz CT molecular complexity index is 1240. The number of nitrogens with one attached hydrogen (secondary N) is 1. The first-order valence-electron chi connectivity index (χ1n) is 10.5. The quantitative estimate of drug-likeness (QED) is 0.611. The largest absolute Gasteiger partial charge is 0.328 e. The maximum atomic E-state index is 13.6. The topological polar surface area (TPSA) is 59.8 Å². The van der Waals surface area contributed by atoms with E-state index in [1.807, 2.05) is 6.07 Å². The number of ketones is 1. The molecule has 2 aromatic carbocycles. The van der Waals surface area contributed by atoms with Crippen molar-refractivity contribution in [1.82, 2.24) is 14.8 Å². The molecule has 6 heteroatoms. The summed E-state index contributed by atoms with van der Waals surface area (Å²) in [4.78, 5) is 18.0. The molecule has 1 aliphatic carbocycles. The third-order valence-corrected chi connectivity index (χ3v) is 6.28. The Kier molecular flexibility index (Phi) is 4.36. The van der Waals surface area contributed by atoms with E-state index in [-0.39, 0.29) is 17.0 Å². The van der Waals surface area contributed by atoms with Gasteiger partial charge >= 0.3 is 0 Å². The zero-order valence-corrected chi connectivity index (χ0v) is 18.2. The van der Waals surface area contributed by atoms with E-state index in [2.05, 4.69) is 45.1 Å². The van der Waals surface area contributed by atoms with Crippen LogP contribution in [0.5, 0.6) is 0 Å². The highest BCUT2D eigenvalue weighted by molar-refractivity contribution is 6.00. The summed E-state index contributed by atoms with van der Waals surface area (Å²) < 4.78 is 15.4. The average Bonchev–Trinajstić information content (AvgIpc) is 3.12. The SMILES string of the molecule is Cc1ccc(-c2nc3n(n2)C(c2ccc(F)cc2)C2=C(CC(C)(C)CC2=O)N3)cc1C. The molecule has 2 heterocycles. The Morgan fingerprint density at radius 2 is 1.81 bits per heavy atom. The number of fused-ring (bicyclic) bond motifs is 1. The minimum atomic E-state index is -0.428. The molecule has 0 fully saturated rings. The van der Waals surface area contributed by atoms with Gasteiger partial charge < -0.3 is 5.32 Å². The van der Waals surface area contributed by atoms with Crippen molar-refractivity contribution in [3.8, 4) is 11.4 Å². The van der Waals surface area contributed by atoms with Crippen molar-refractivity contribution in [1.29, 1.82) is 0 Å². The molecule has 1 aliphatic heterocycles. The number of aryl methyl sites for hydroxylation is 2. The van der Waals surface area contributed by atoms with Crippen molar-refractivity contribution in [2.24, 2.45) is 5.41 Å². The summed E-state index contributed by atoms with van der Waals surface area (Å²) in [6.07, 6.45) is 1.22. The highest BCUT2D eigenvalue weighted by atomic mass is 19.1. The minimum Gasteiger partial charge on any atom is -0.328 e. The summed E-state index contributed by atoms with van der Waals surface area (Å²) in [5, 5.41) is 8.18. The van der Waals surface area contributed by atoms with Gasteiger partial charge in [0.05, 0.1) is 0 Å². The number of nitrogens with zero attached hydrogens (tertiary/aromatic N) is 3. The van der Waals surface area contributed by atoms with E-state index in [0.29, 0.717) is 23.8 Å². The summed E-state index contributed by atoms with van der Waals surface area (Å²) in [7, 11) is 0. The van der Waals surface area contributed by atoms with Crippen LogP contribution >= 0.6 is 0 Å². The molecule has 0 saturated carbocycles. The lowest BCUT2D eigenvalue weighted by molar-refractivity contribution is -0.118. The summed E-state index contributed by atoms with van der Waals surface area (Å²) in [5.74, 6) is 0.996. The van der Waals surface area contributed by atoms with Crippen molar-refractivity contribution >= 4 is 11.7 Å². The van der Waals surface area contributed by atoms with Crippen molar-refractivity contribution in [3.63, 3.8) is 0 Å². The molecular formula is C25H25FN4O. The maximum Gasteiger partial charge on any atom is 0.226 e. The van der Waals surface area contributed by atoms with Gasteiger partial charge in [-0.05, 0) is 60.6 Å². The van der Waals surface area contributed by atoms with Crippen molar-refractivity contribution in [2.75, 3.05) is 5.32 Å². The number of rotatable bonds is 2. The highest BCUT2D eigenvalue weighted by Crippen LogP contribution is 2.45. The van der Waals surface area contributed by atoms with E-state index in [4.69, 9.17) is 10.1 Å². The first-order chi connectivity index (χ1) is 14.7. The number of carbonyl (C=O) groups is 1. The van der Waals surface area contributed by atoms with Crippen molar-refractivity contribution in [2.45, 2.75) is 46.6 Å². The fourth-order valence-corrected chi connectivity index (χ4v) is 4.57. The van der Waals surface area contributed by atoms with Gasteiger partial charge in [0, 0.05) is 23.3 Å². The normalized spacial score (nSPS) is 19.6. The summed E-state index contributed by atoms with van der Waals surface area (Å²) in [5.41, 5.74) is 5.59. The molecular weight excluding hydrogens is 391 g/mol. The number of anilines is 1. The number of aromatic nitrogens is 3. The third kappa shape index (κ3) is 3.36. The molecule has 0 saturated heterocycles. The molecule has 5 nitrogen and oxygen atoms in total. The molecule has 5 rings (SSSR count).